The van der Waals surface area contributed by atoms with Gasteiger partial charge < -0.3 is 10.6 Å². The van der Waals surface area contributed by atoms with E-state index < -0.39 is 0 Å². The average molecular weight is 348 g/mol. The highest BCUT2D eigenvalue weighted by Gasteiger charge is 2.00. The van der Waals surface area contributed by atoms with E-state index in [-0.39, 0.29) is 0 Å². The molecule has 2 heterocycles. The van der Waals surface area contributed by atoms with E-state index in [4.69, 9.17) is 0 Å². The van der Waals surface area contributed by atoms with Crippen molar-refractivity contribution in [2.45, 2.75) is 19.9 Å². The summed E-state index contributed by atoms with van der Waals surface area (Å²) in [4.78, 5) is 8.88. The quantitative estimate of drug-likeness (QED) is 0.509. The molecule has 134 valence electrons. The summed E-state index contributed by atoms with van der Waals surface area (Å²) in [5.41, 5.74) is 3.30. The van der Waals surface area contributed by atoms with Crippen LogP contribution in [0, 0.1) is 0 Å². The van der Waals surface area contributed by atoms with E-state index in [9.17, 15) is 0 Å². The standard InChI is InChI=1S/C20H24N6/c1-2-21-20(24-16-18-6-3-4-12-22-18)23-14-11-17-7-9-19(10-8-17)26-15-5-13-25-26/h3-10,12-13,15H,2,11,14,16H2,1H3,(H2,21,23,24). The number of aliphatic imine (C=N–C) groups is 1. The summed E-state index contributed by atoms with van der Waals surface area (Å²) in [6.45, 7) is 4.27. The van der Waals surface area contributed by atoms with Gasteiger partial charge in [0.05, 0.1) is 17.9 Å². The van der Waals surface area contributed by atoms with E-state index in [1.165, 1.54) is 5.56 Å². The molecule has 0 aliphatic carbocycles. The van der Waals surface area contributed by atoms with Crippen molar-refractivity contribution in [1.82, 2.24) is 25.4 Å². The molecule has 3 aromatic rings. The summed E-state index contributed by atoms with van der Waals surface area (Å²) in [6, 6.07) is 16.2. The van der Waals surface area contributed by atoms with E-state index in [2.05, 4.69) is 56.9 Å². The Morgan fingerprint density at radius 1 is 1.04 bits per heavy atom. The van der Waals surface area contributed by atoms with Crippen LogP contribution >= 0.6 is 0 Å². The minimum Gasteiger partial charge on any atom is -0.357 e. The smallest absolute Gasteiger partial charge is 0.191 e. The zero-order valence-electron chi connectivity index (χ0n) is 15.0. The molecule has 0 radical (unpaired) electrons. The van der Waals surface area contributed by atoms with Gasteiger partial charge in [0.2, 0.25) is 0 Å². The van der Waals surface area contributed by atoms with E-state index in [1.807, 2.05) is 35.1 Å². The molecule has 0 amide bonds. The van der Waals surface area contributed by atoms with Gasteiger partial charge in [0, 0.05) is 31.7 Å². The summed E-state index contributed by atoms with van der Waals surface area (Å²) in [7, 11) is 0. The van der Waals surface area contributed by atoms with Crippen LogP contribution in [0.4, 0.5) is 0 Å². The van der Waals surface area contributed by atoms with Crippen LogP contribution in [0.5, 0.6) is 0 Å². The molecule has 0 atom stereocenters. The average Bonchev–Trinajstić information content (AvgIpc) is 3.22. The number of aromatic nitrogens is 3. The van der Waals surface area contributed by atoms with Crippen molar-refractivity contribution >= 4 is 5.96 Å². The van der Waals surface area contributed by atoms with Crippen molar-refractivity contribution in [2.24, 2.45) is 4.99 Å². The maximum absolute atomic E-state index is 4.58. The van der Waals surface area contributed by atoms with Crippen molar-refractivity contribution in [2.75, 3.05) is 13.1 Å². The van der Waals surface area contributed by atoms with Crippen molar-refractivity contribution in [3.05, 3.63) is 78.4 Å². The number of hydrogen-bond donors (Lipinski definition) is 2. The molecular formula is C20H24N6. The number of pyridine rings is 1. The fourth-order valence-corrected chi connectivity index (χ4v) is 2.56. The molecule has 6 heteroatoms. The Balaban J connectivity index is 1.51. The van der Waals surface area contributed by atoms with E-state index in [0.29, 0.717) is 6.54 Å². The van der Waals surface area contributed by atoms with E-state index in [1.54, 1.807) is 12.4 Å². The molecular weight excluding hydrogens is 324 g/mol. The first kappa shape index (κ1) is 17.7. The summed E-state index contributed by atoms with van der Waals surface area (Å²) >= 11 is 0. The largest absolute Gasteiger partial charge is 0.357 e. The lowest BCUT2D eigenvalue weighted by atomic mass is 10.1. The van der Waals surface area contributed by atoms with Crippen molar-refractivity contribution in [3.63, 3.8) is 0 Å². The van der Waals surface area contributed by atoms with Gasteiger partial charge in [0.25, 0.3) is 0 Å². The topological polar surface area (TPSA) is 67.1 Å². The lowest BCUT2D eigenvalue weighted by Gasteiger charge is -2.11. The third kappa shape index (κ3) is 5.17. The molecule has 0 fully saturated rings. The van der Waals surface area contributed by atoms with Gasteiger partial charge in [-0.3, -0.25) is 4.98 Å². The molecule has 3 rings (SSSR count). The second kappa shape index (κ2) is 9.36. The summed E-state index contributed by atoms with van der Waals surface area (Å²) in [6.07, 6.45) is 6.44. The first-order valence-corrected chi connectivity index (χ1v) is 8.86. The normalized spacial score (nSPS) is 11.3. The van der Waals surface area contributed by atoms with Gasteiger partial charge in [0.15, 0.2) is 5.96 Å². The Morgan fingerprint density at radius 3 is 2.62 bits per heavy atom. The highest BCUT2D eigenvalue weighted by molar-refractivity contribution is 5.79. The van der Waals surface area contributed by atoms with Crippen LogP contribution in [0.1, 0.15) is 18.2 Å². The first-order chi connectivity index (χ1) is 12.8. The summed E-state index contributed by atoms with van der Waals surface area (Å²) in [5, 5.41) is 10.9. The number of rotatable bonds is 7. The zero-order valence-corrected chi connectivity index (χ0v) is 15.0. The van der Waals surface area contributed by atoms with Crippen LogP contribution in [-0.2, 0) is 13.0 Å². The molecule has 2 N–H and O–H groups in total. The molecule has 0 saturated carbocycles. The van der Waals surface area contributed by atoms with E-state index >= 15 is 0 Å². The molecule has 26 heavy (non-hydrogen) atoms. The maximum Gasteiger partial charge on any atom is 0.191 e. The number of benzene rings is 1. The molecule has 0 spiro atoms. The van der Waals surface area contributed by atoms with Crippen LogP contribution in [0.25, 0.3) is 5.69 Å². The third-order valence-electron chi connectivity index (χ3n) is 3.88. The SMILES string of the molecule is CCNC(=NCc1ccccn1)NCCc1ccc(-n2cccn2)cc1. The minimum atomic E-state index is 0.564. The van der Waals surface area contributed by atoms with Gasteiger partial charge in [-0.15, -0.1) is 0 Å². The Kier molecular flexibility index (Phi) is 6.36. The van der Waals surface area contributed by atoms with Gasteiger partial charge in [-0.25, -0.2) is 9.67 Å². The Labute approximate surface area is 154 Å². The Morgan fingerprint density at radius 2 is 1.92 bits per heavy atom. The molecule has 6 nitrogen and oxygen atoms in total. The predicted octanol–water partition coefficient (Wildman–Crippen LogP) is 2.57. The Hall–Kier alpha value is -3.15. The number of nitrogens with zero attached hydrogens (tertiary/aromatic N) is 4. The highest BCUT2D eigenvalue weighted by Crippen LogP contribution is 2.08. The second-order valence-electron chi connectivity index (χ2n) is 5.81. The second-order valence-corrected chi connectivity index (χ2v) is 5.81. The number of guanidine groups is 1. The Bertz CT molecular complexity index is 794. The van der Waals surface area contributed by atoms with Gasteiger partial charge >= 0.3 is 0 Å². The van der Waals surface area contributed by atoms with Crippen molar-refractivity contribution < 1.29 is 0 Å². The fourth-order valence-electron chi connectivity index (χ4n) is 2.56. The predicted molar refractivity (Wildman–Crippen MR) is 104 cm³/mol. The van der Waals surface area contributed by atoms with Crippen molar-refractivity contribution in [1.29, 1.82) is 0 Å². The molecule has 2 aromatic heterocycles. The monoisotopic (exact) mass is 348 g/mol. The van der Waals surface area contributed by atoms with Gasteiger partial charge in [0.1, 0.15) is 0 Å². The van der Waals surface area contributed by atoms with Crippen LogP contribution in [0.3, 0.4) is 0 Å². The molecule has 0 aliphatic rings. The fraction of sp³-hybridized carbons (Fsp3) is 0.250. The third-order valence-corrected chi connectivity index (χ3v) is 3.88. The minimum absolute atomic E-state index is 0.564. The van der Waals surface area contributed by atoms with Crippen molar-refractivity contribution in [3.8, 4) is 5.69 Å². The van der Waals surface area contributed by atoms with E-state index in [0.717, 1.165) is 36.9 Å². The molecule has 0 aliphatic heterocycles. The first-order valence-electron chi connectivity index (χ1n) is 8.86. The van der Waals surface area contributed by atoms with Gasteiger partial charge in [-0.1, -0.05) is 18.2 Å². The van der Waals surface area contributed by atoms with Crippen LogP contribution in [0.15, 0.2) is 72.1 Å². The van der Waals surface area contributed by atoms with Crippen LogP contribution in [0.2, 0.25) is 0 Å². The van der Waals surface area contributed by atoms with Gasteiger partial charge in [-0.05, 0) is 49.2 Å². The summed E-state index contributed by atoms with van der Waals surface area (Å²) < 4.78 is 1.86. The van der Waals surface area contributed by atoms with Crippen LogP contribution < -0.4 is 10.6 Å². The molecule has 0 unspecified atom stereocenters. The molecule has 1 aromatic carbocycles. The highest BCUT2D eigenvalue weighted by atomic mass is 15.3. The lowest BCUT2D eigenvalue weighted by Crippen LogP contribution is -2.38. The van der Waals surface area contributed by atoms with Gasteiger partial charge in [-0.2, -0.15) is 5.10 Å². The zero-order chi connectivity index (χ0) is 18.0. The molecule has 0 saturated heterocycles. The number of hydrogen-bond acceptors (Lipinski definition) is 3. The molecule has 0 bridgehead atoms. The summed E-state index contributed by atoms with van der Waals surface area (Å²) in [5.74, 6) is 0.811. The maximum atomic E-state index is 4.58. The van der Waals surface area contributed by atoms with Crippen LogP contribution in [-0.4, -0.2) is 33.8 Å². The lowest BCUT2D eigenvalue weighted by molar-refractivity contribution is 0.796. The number of nitrogens with one attached hydrogen (secondary N) is 2.